The number of nitrogens with one attached hydrogen (secondary N) is 1. The van der Waals surface area contributed by atoms with Crippen molar-refractivity contribution in [2.24, 2.45) is 0 Å². The Morgan fingerprint density at radius 2 is 1.02 bits per heavy atom. The van der Waals surface area contributed by atoms with Crippen LogP contribution in [0.1, 0.15) is 128 Å². The number of ether oxygens (including phenoxy) is 3. The van der Waals surface area contributed by atoms with Crippen LogP contribution in [0.2, 0.25) is 0 Å². The fourth-order valence-corrected chi connectivity index (χ4v) is 9.17. The van der Waals surface area contributed by atoms with Gasteiger partial charge in [0.2, 0.25) is 0 Å². The van der Waals surface area contributed by atoms with Crippen molar-refractivity contribution < 1.29 is 23.8 Å². The van der Waals surface area contributed by atoms with Crippen LogP contribution in [0.4, 0.5) is 4.79 Å². The Labute approximate surface area is 387 Å². The maximum absolute atomic E-state index is 14.3. The number of alkyl carbamates (subject to hydrolysis) is 1. The number of fused-ring (bicyclic) bond motifs is 3. The topological polar surface area (TPSA) is 73.9 Å². The summed E-state index contributed by atoms with van der Waals surface area (Å²) in [5, 5.41) is 3.15. The molecule has 0 fully saturated rings. The number of amides is 1. The van der Waals surface area contributed by atoms with Crippen LogP contribution in [0, 0.1) is 0 Å². The smallest absolute Gasteiger partial charge is 0.407 e. The molecule has 6 heteroatoms. The molecule has 6 nitrogen and oxygen atoms in total. The predicted octanol–water partition coefficient (Wildman–Crippen LogP) is 14.4. The van der Waals surface area contributed by atoms with E-state index >= 15 is 0 Å². The normalized spacial score (nSPS) is 13.2. The zero-order valence-corrected chi connectivity index (χ0v) is 38.0. The second-order valence-corrected chi connectivity index (χ2v) is 17.2. The molecule has 0 aliphatic heterocycles. The molecule has 2 atom stereocenters. The van der Waals surface area contributed by atoms with Gasteiger partial charge in [0.15, 0.2) is 0 Å². The van der Waals surface area contributed by atoms with Crippen molar-refractivity contribution in [1.82, 2.24) is 5.32 Å². The summed E-state index contributed by atoms with van der Waals surface area (Å²) in [7, 11) is 0. The van der Waals surface area contributed by atoms with E-state index in [4.69, 9.17) is 14.2 Å². The van der Waals surface area contributed by atoms with E-state index in [0.717, 1.165) is 58.2 Å². The highest BCUT2D eigenvalue weighted by Crippen LogP contribution is 2.45. The zero-order chi connectivity index (χ0) is 44.9. The van der Waals surface area contributed by atoms with Gasteiger partial charge in [-0.3, -0.25) is 0 Å². The van der Waals surface area contributed by atoms with Crippen molar-refractivity contribution in [2.45, 2.75) is 108 Å². The van der Waals surface area contributed by atoms with Crippen molar-refractivity contribution in [3.63, 3.8) is 0 Å². The summed E-state index contributed by atoms with van der Waals surface area (Å²) in [6.07, 6.45) is 17.2. The molecule has 0 spiro atoms. The summed E-state index contributed by atoms with van der Waals surface area (Å²) in [6, 6.07) is 55.1. The summed E-state index contributed by atoms with van der Waals surface area (Å²) < 4.78 is 19.8. The Hall–Kier alpha value is -6.24. The number of allylic oxidation sites excluding steroid dienone is 1. The molecule has 1 N–H and O–H groups in total. The van der Waals surface area contributed by atoms with E-state index in [0.29, 0.717) is 5.56 Å². The lowest BCUT2D eigenvalue weighted by molar-refractivity contribution is -0.0244. The molecule has 336 valence electrons. The Kier molecular flexibility index (Phi) is 17.8. The number of benzene rings is 6. The Morgan fingerprint density at radius 1 is 0.569 bits per heavy atom. The molecule has 0 unspecified atom stereocenters. The second kappa shape index (κ2) is 24.7. The van der Waals surface area contributed by atoms with Crippen LogP contribution in [-0.2, 0) is 19.8 Å². The molecule has 6 aromatic carbocycles. The van der Waals surface area contributed by atoms with Gasteiger partial charge in [0.1, 0.15) is 18.3 Å². The van der Waals surface area contributed by atoms with E-state index in [2.05, 4.69) is 79.0 Å². The van der Waals surface area contributed by atoms with Crippen LogP contribution >= 0.6 is 0 Å². The van der Waals surface area contributed by atoms with E-state index in [9.17, 15) is 9.59 Å². The number of hydrogen-bond acceptors (Lipinski definition) is 5. The highest BCUT2D eigenvalue weighted by atomic mass is 16.6. The van der Waals surface area contributed by atoms with Crippen LogP contribution in [-0.4, -0.2) is 37.4 Å². The molecule has 65 heavy (non-hydrogen) atoms. The monoisotopic (exact) mass is 867 g/mol. The molecular formula is C59H65NO5. The van der Waals surface area contributed by atoms with E-state index in [1.54, 1.807) is 12.1 Å². The molecule has 0 bridgehead atoms. The van der Waals surface area contributed by atoms with Gasteiger partial charge in [0.05, 0.1) is 18.2 Å². The molecule has 1 aliphatic carbocycles. The number of carbonyl (C=O) groups is 2. The lowest BCUT2D eigenvalue weighted by atomic mass is 9.80. The Morgan fingerprint density at radius 3 is 1.52 bits per heavy atom. The van der Waals surface area contributed by atoms with E-state index in [1.807, 2.05) is 103 Å². The van der Waals surface area contributed by atoms with Crippen molar-refractivity contribution >= 4 is 12.1 Å². The Bertz CT molecular complexity index is 2220. The summed E-state index contributed by atoms with van der Waals surface area (Å²) in [5.41, 5.74) is 6.64. The van der Waals surface area contributed by atoms with Crippen LogP contribution in [0.15, 0.2) is 182 Å². The average Bonchev–Trinajstić information content (AvgIpc) is 3.68. The molecule has 0 aromatic heterocycles. The van der Waals surface area contributed by atoms with Gasteiger partial charge in [-0.15, -0.1) is 0 Å². The Balaban J connectivity index is 1.15. The standard InChI is InChI=1S/C59H65NO5/c1-2-3-4-5-6-7-8-9-10-11-12-13-26-43-56(65-57(61)46-31-18-14-19-32-46)55(60-58(62)63-44-54-52-41-29-27-39-50(52)51-40-28-30-42-53(51)54)45-64-59(47-33-20-15-21-34-47,48-35-22-16-23-36-48)49-37-24-17-25-38-49/h14-43,54-56H,2-13,44-45H2,1H3,(H,60,62)/b43-26+/t55-,56+/m0/s1. The first-order chi connectivity index (χ1) is 32.1. The lowest BCUT2D eigenvalue weighted by Crippen LogP contribution is -2.49. The number of hydrogen-bond donors (Lipinski definition) is 1. The van der Waals surface area contributed by atoms with Crippen LogP contribution in [0.25, 0.3) is 11.1 Å². The van der Waals surface area contributed by atoms with Crippen molar-refractivity contribution in [3.05, 3.63) is 215 Å². The molecule has 0 heterocycles. The van der Waals surface area contributed by atoms with Gasteiger partial charge in [0.25, 0.3) is 0 Å². The van der Waals surface area contributed by atoms with Gasteiger partial charge in [-0.1, -0.05) is 235 Å². The van der Waals surface area contributed by atoms with Gasteiger partial charge in [-0.05, 0) is 70.0 Å². The minimum Gasteiger partial charge on any atom is -0.452 e. The zero-order valence-electron chi connectivity index (χ0n) is 38.0. The maximum Gasteiger partial charge on any atom is 0.407 e. The summed E-state index contributed by atoms with van der Waals surface area (Å²) in [4.78, 5) is 28.2. The first-order valence-corrected chi connectivity index (χ1v) is 23.9. The molecular weight excluding hydrogens is 803 g/mol. The third-order valence-electron chi connectivity index (χ3n) is 12.6. The molecule has 0 saturated heterocycles. The summed E-state index contributed by atoms with van der Waals surface area (Å²) in [5.74, 6) is -0.614. The highest BCUT2D eigenvalue weighted by Gasteiger charge is 2.40. The van der Waals surface area contributed by atoms with Gasteiger partial charge in [0, 0.05) is 5.92 Å². The number of carbonyl (C=O) groups excluding carboxylic acids is 2. The van der Waals surface area contributed by atoms with Crippen LogP contribution in [0.3, 0.4) is 0 Å². The predicted molar refractivity (Wildman–Crippen MR) is 263 cm³/mol. The highest BCUT2D eigenvalue weighted by molar-refractivity contribution is 5.89. The van der Waals surface area contributed by atoms with Gasteiger partial charge >= 0.3 is 12.1 Å². The number of rotatable bonds is 25. The first kappa shape index (κ1) is 46.7. The molecule has 7 rings (SSSR count). The van der Waals surface area contributed by atoms with Crippen LogP contribution in [0.5, 0.6) is 0 Å². The number of unbranched alkanes of at least 4 members (excludes halogenated alkanes) is 11. The van der Waals surface area contributed by atoms with Crippen LogP contribution < -0.4 is 5.32 Å². The summed E-state index contributed by atoms with van der Waals surface area (Å²) >= 11 is 0. The lowest BCUT2D eigenvalue weighted by Gasteiger charge is -2.38. The average molecular weight is 868 g/mol. The molecule has 0 saturated carbocycles. The first-order valence-electron chi connectivity index (χ1n) is 23.9. The quantitative estimate of drug-likeness (QED) is 0.0268. The molecule has 0 radical (unpaired) electrons. The molecule has 1 aliphatic rings. The van der Waals surface area contributed by atoms with E-state index in [1.165, 1.54) is 57.8 Å². The van der Waals surface area contributed by atoms with E-state index < -0.39 is 29.8 Å². The van der Waals surface area contributed by atoms with Gasteiger partial charge in [-0.2, -0.15) is 0 Å². The molecule has 1 amide bonds. The fraction of sp³-hybridized carbons (Fsp3) is 0.322. The second-order valence-electron chi connectivity index (χ2n) is 17.2. The SMILES string of the molecule is CCCCCCCCCCCCC/C=C/[C@@H](OC(=O)c1ccccc1)[C@H](COC(c1ccccc1)(c1ccccc1)c1ccccc1)NC(=O)OCC1c2ccccc2-c2ccccc21. The van der Waals surface area contributed by atoms with Gasteiger partial charge in [-0.25, -0.2) is 9.59 Å². The largest absolute Gasteiger partial charge is 0.452 e. The summed E-state index contributed by atoms with van der Waals surface area (Å²) in [6.45, 7) is 2.37. The fourth-order valence-electron chi connectivity index (χ4n) is 9.17. The third-order valence-corrected chi connectivity index (χ3v) is 12.6. The van der Waals surface area contributed by atoms with Crippen molar-refractivity contribution in [1.29, 1.82) is 0 Å². The third kappa shape index (κ3) is 12.5. The minimum atomic E-state index is -1.09. The van der Waals surface area contributed by atoms with Gasteiger partial charge < -0.3 is 19.5 Å². The van der Waals surface area contributed by atoms with Crippen molar-refractivity contribution in [3.8, 4) is 11.1 Å². The maximum atomic E-state index is 14.3. The number of esters is 1. The van der Waals surface area contributed by atoms with Crippen molar-refractivity contribution in [2.75, 3.05) is 13.2 Å². The minimum absolute atomic E-state index is 0.0294. The van der Waals surface area contributed by atoms with E-state index in [-0.39, 0.29) is 19.1 Å². The molecule has 6 aromatic rings.